The lowest BCUT2D eigenvalue weighted by Crippen LogP contribution is -2.41. The average molecular weight is 471 g/mol. The van der Waals surface area contributed by atoms with Gasteiger partial charge in [0.25, 0.3) is 5.91 Å². The predicted molar refractivity (Wildman–Crippen MR) is 127 cm³/mol. The highest BCUT2D eigenvalue weighted by Gasteiger charge is 2.30. The molecular formula is C24H30N4O4S. The number of ether oxygens (including phenoxy) is 1. The molecule has 9 heteroatoms. The molecular weight excluding hydrogens is 440 g/mol. The number of morpholine rings is 1. The second-order valence-electron chi connectivity index (χ2n) is 8.53. The molecule has 176 valence electrons. The molecule has 2 heterocycles. The van der Waals surface area contributed by atoms with Gasteiger partial charge in [-0.25, -0.2) is 13.4 Å². The number of imidazole rings is 1. The lowest BCUT2D eigenvalue weighted by atomic mass is 10.0. The number of hydrogen-bond acceptors (Lipinski definition) is 5. The molecule has 1 amide bonds. The van der Waals surface area contributed by atoms with Crippen LogP contribution in [-0.4, -0.2) is 54.9 Å². The highest BCUT2D eigenvalue weighted by Crippen LogP contribution is 2.26. The monoisotopic (exact) mass is 470 g/mol. The van der Waals surface area contributed by atoms with Crippen LogP contribution in [0.25, 0.3) is 11.0 Å². The van der Waals surface area contributed by atoms with Crippen molar-refractivity contribution in [2.75, 3.05) is 26.3 Å². The summed E-state index contributed by atoms with van der Waals surface area (Å²) in [7, 11) is -3.72. The van der Waals surface area contributed by atoms with Gasteiger partial charge in [-0.05, 0) is 42.2 Å². The molecule has 0 unspecified atom stereocenters. The van der Waals surface area contributed by atoms with Crippen molar-refractivity contribution < 1.29 is 17.9 Å². The number of nitrogens with zero attached hydrogens (tertiary/aromatic N) is 2. The smallest absolute Gasteiger partial charge is 0.251 e. The van der Waals surface area contributed by atoms with Crippen molar-refractivity contribution in [3.05, 3.63) is 59.4 Å². The Kier molecular flexibility index (Phi) is 6.83. The first kappa shape index (κ1) is 23.4. The van der Waals surface area contributed by atoms with Gasteiger partial charge in [0, 0.05) is 18.7 Å². The highest BCUT2D eigenvalue weighted by atomic mass is 32.2. The van der Waals surface area contributed by atoms with E-state index < -0.39 is 10.0 Å². The van der Waals surface area contributed by atoms with Crippen LogP contribution in [0.2, 0.25) is 0 Å². The Hall–Kier alpha value is -2.75. The maximum absolute atomic E-state index is 13.3. The Bertz CT molecular complexity index is 1210. The molecule has 1 atom stereocenters. The molecule has 1 fully saturated rings. The number of nitrogens with one attached hydrogen (secondary N) is 2. The van der Waals surface area contributed by atoms with E-state index >= 15 is 0 Å². The molecule has 0 radical (unpaired) electrons. The number of hydrogen-bond donors (Lipinski definition) is 2. The van der Waals surface area contributed by atoms with Gasteiger partial charge in [0.2, 0.25) is 10.0 Å². The van der Waals surface area contributed by atoms with E-state index in [1.165, 1.54) is 10.4 Å². The number of aromatic nitrogens is 2. The molecule has 4 rings (SSSR count). The van der Waals surface area contributed by atoms with Gasteiger partial charge in [-0.15, -0.1) is 0 Å². The van der Waals surface area contributed by atoms with Crippen molar-refractivity contribution in [1.82, 2.24) is 19.6 Å². The van der Waals surface area contributed by atoms with Crippen LogP contribution in [0.3, 0.4) is 0 Å². The van der Waals surface area contributed by atoms with Crippen LogP contribution < -0.4 is 5.32 Å². The van der Waals surface area contributed by atoms with E-state index in [0.717, 1.165) is 11.0 Å². The third-order valence-electron chi connectivity index (χ3n) is 5.95. The second-order valence-corrected chi connectivity index (χ2v) is 10.4. The van der Waals surface area contributed by atoms with Crippen LogP contribution in [-0.2, 0) is 21.2 Å². The first-order valence-electron chi connectivity index (χ1n) is 11.3. The van der Waals surface area contributed by atoms with Gasteiger partial charge in [-0.1, -0.05) is 39.0 Å². The number of H-pyrrole nitrogens is 1. The highest BCUT2D eigenvalue weighted by molar-refractivity contribution is 7.89. The van der Waals surface area contributed by atoms with Crippen molar-refractivity contribution >= 4 is 27.0 Å². The Morgan fingerprint density at radius 3 is 2.58 bits per heavy atom. The molecule has 1 aliphatic rings. The maximum Gasteiger partial charge on any atom is 0.251 e. The molecule has 2 N–H and O–H groups in total. The molecule has 1 aliphatic heterocycles. The van der Waals surface area contributed by atoms with Crippen LogP contribution in [0.15, 0.2) is 47.4 Å². The third kappa shape index (κ3) is 4.80. The number of fused-ring (bicyclic) bond motifs is 1. The molecule has 1 saturated heterocycles. The largest absolute Gasteiger partial charge is 0.379 e. The molecule has 2 aromatic carbocycles. The summed E-state index contributed by atoms with van der Waals surface area (Å²) < 4.78 is 33.4. The molecule has 0 aliphatic carbocycles. The van der Waals surface area contributed by atoms with Crippen LogP contribution >= 0.6 is 0 Å². The summed E-state index contributed by atoms with van der Waals surface area (Å²) in [6, 6.07) is 12.3. The zero-order chi connectivity index (χ0) is 23.6. The minimum atomic E-state index is -3.72. The number of aromatic amines is 1. The Morgan fingerprint density at radius 2 is 1.91 bits per heavy atom. The summed E-state index contributed by atoms with van der Waals surface area (Å²) in [6.45, 7) is 7.28. The number of amides is 1. The fraction of sp³-hybridized carbons (Fsp3) is 0.417. The molecule has 3 aromatic rings. The summed E-state index contributed by atoms with van der Waals surface area (Å²) in [5.41, 5.74) is 2.73. The summed E-state index contributed by atoms with van der Waals surface area (Å²) >= 11 is 0. The number of para-hydroxylation sites is 2. The first-order valence-corrected chi connectivity index (χ1v) is 12.7. The van der Waals surface area contributed by atoms with Gasteiger partial charge in [0.15, 0.2) is 0 Å². The van der Waals surface area contributed by atoms with Crippen LogP contribution in [0.1, 0.15) is 48.6 Å². The molecule has 8 nitrogen and oxygen atoms in total. The summed E-state index contributed by atoms with van der Waals surface area (Å²) in [5, 5.41) is 3.04. The lowest BCUT2D eigenvalue weighted by Gasteiger charge is -2.27. The Morgan fingerprint density at radius 1 is 1.18 bits per heavy atom. The van der Waals surface area contributed by atoms with Crippen LogP contribution in [0.4, 0.5) is 0 Å². The number of aryl methyl sites for hydroxylation is 1. The summed E-state index contributed by atoms with van der Waals surface area (Å²) in [4.78, 5) is 21.3. The first-order chi connectivity index (χ1) is 15.8. The third-order valence-corrected chi connectivity index (χ3v) is 7.93. The van der Waals surface area contributed by atoms with E-state index in [2.05, 4.69) is 15.3 Å². The minimum absolute atomic E-state index is 0.0704. The number of sulfonamides is 1. The fourth-order valence-electron chi connectivity index (χ4n) is 4.05. The van der Waals surface area contributed by atoms with Gasteiger partial charge in [0.1, 0.15) is 5.82 Å². The summed E-state index contributed by atoms with van der Waals surface area (Å²) in [5.74, 6) is 0.405. The standard InChI is InChI=1S/C24H30N4O4S/c1-4-17-9-10-18(15-21(17)33(30,31)28-11-13-32-14-12-28)24(29)27-22(16(2)3)23-25-19-7-5-6-8-20(19)26-23/h5-10,15-16,22H,4,11-14H2,1-3H3,(H,25,26)(H,27,29)/t22-/m0/s1. The van der Waals surface area contributed by atoms with E-state index in [1.807, 2.05) is 45.0 Å². The topological polar surface area (TPSA) is 104 Å². The van der Waals surface area contributed by atoms with Crippen LogP contribution in [0, 0.1) is 5.92 Å². The summed E-state index contributed by atoms with van der Waals surface area (Å²) in [6.07, 6.45) is 0.550. The van der Waals surface area contributed by atoms with Gasteiger partial charge in [0.05, 0.1) is 35.2 Å². The van der Waals surface area contributed by atoms with Gasteiger partial charge < -0.3 is 15.0 Å². The van der Waals surface area contributed by atoms with Crippen molar-refractivity contribution in [2.24, 2.45) is 5.92 Å². The van der Waals surface area contributed by atoms with Crippen molar-refractivity contribution in [2.45, 2.75) is 38.1 Å². The maximum atomic E-state index is 13.3. The average Bonchev–Trinajstić information content (AvgIpc) is 3.26. The van der Waals surface area contributed by atoms with E-state index in [0.29, 0.717) is 49.7 Å². The zero-order valence-electron chi connectivity index (χ0n) is 19.2. The van der Waals surface area contributed by atoms with E-state index in [4.69, 9.17) is 4.74 Å². The lowest BCUT2D eigenvalue weighted by molar-refractivity contribution is 0.0730. The molecule has 0 saturated carbocycles. The SMILES string of the molecule is CCc1ccc(C(=O)N[C@H](c2nc3ccccc3[nH]2)C(C)C)cc1S(=O)(=O)N1CCOCC1. The second kappa shape index (κ2) is 9.62. The van der Waals surface area contributed by atoms with Crippen molar-refractivity contribution in [1.29, 1.82) is 0 Å². The quantitative estimate of drug-likeness (QED) is 0.552. The van der Waals surface area contributed by atoms with E-state index in [-0.39, 0.29) is 22.8 Å². The van der Waals surface area contributed by atoms with Gasteiger partial charge in [-0.3, -0.25) is 4.79 Å². The molecule has 0 spiro atoms. The molecule has 1 aromatic heterocycles. The molecule has 33 heavy (non-hydrogen) atoms. The fourth-order valence-corrected chi connectivity index (χ4v) is 5.78. The number of benzene rings is 2. The predicted octanol–water partition coefficient (Wildman–Crippen LogP) is 3.27. The zero-order valence-corrected chi connectivity index (χ0v) is 20.0. The van der Waals surface area contributed by atoms with Crippen LogP contribution in [0.5, 0.6) is 0 Å². The van der Waals surface area contributed by atoms with Gasteiger partial charge in [-0.2, -0.15) is 4.31 Å². The normalized spacial score (nSPS) is 16.2. The number of carbonyl (C=O) groups excluding carboxylic acids is 1. The van der Waals surface area contributed by atoms with Gasteiger partial charge >= 0.3 is 0 Å². The number of rotatable bonds is 7. The molecule has 0 bridgehead atoms. The van der Waals surface area contributed by atoms with Crippen molar-refractivity contribution in [3.63, 3.8) is 0 Å². The Labute approximate surface area is 194 Å². The van der Waals surface area contributed by atoms with Crippen molar-refractivity contribution in [3.8, 4) is 0 Å². The number of carbonyl (C=O) groups is 1. The Balaban J connectivity index is 1.63. The minimum Gasteiger partial charge on any atom is -0.379 e. The van der Waals surface area contributed by atoms with E-state index in [1.54, 1.807) is 12.1 Å². The van der Waals surface area contributed by atoms with E-state index in [9.17, 15) is 13.2 Å².